The van der Waals surface area contributed by atoms with Crippen molar-refractivity contribution in [2.24, 2.45) is 0 Å². The molecule has 0 atom stereocenters. The number of nitrogens with zero attached hydrogens (tertiary/aromatic N) is 6. The van der Waals surface area contributed by atoms with E-state index in [2.05, 4.69) is 25.5 Å². The van der Waals surface area contributed by atoms with Crippen LogP contribution in [0, 0.1) is 0 Å². The summed E-state index contributed by atoms with van der Waals surface area (Å²) in [5, 5.41) is 11.8. The molecule has 0 unspecified atom stereocenters. The van der Waals surface area contributed by atoms with Gasteiger partial charge < -0.3 is 10.1 Å². The van der Waals surface area contributed by atoms with Crippen molar-refractivity contribution in [2.45, 2.75) is 5.67 Å². The summed E-state index contributed by atoms with van der Waals surface area (Å²) >= 11 is 0. The number of imidazole rings is 1. The minimum atomic E-state index is -1.33. The SMILES string of the molecule is FC1(CNc2ncc3c(-c4ccc5nccn5n4)ccn3n2)COC1. The Morgan fingerprint density at radius 2 is 2.04 bits per heavy atom. The molecule has 0 radical (unpaired) electrons. The Bertz CT molecular complexity index is 1070. The first-order chi connectivity index (χ1) is 12.2. The van der Waals surface area contributed by atoms with E-state index in [1.165, 1.54) is 0 Å². The second kappa shape index (κ2) is 5.21. The first-order valence-corrected chi connectivity index (χ1v) is 7.86. The molecular formula is C16H14FN7O. The maximum Gasteiger partial charge on any atom is 0.241 e. The van der Waals surface area contributed by atoms with Gasteiger partial charge in [-0.2, -0.15) is 5.10 Å². The van der Waals surface area contributed by atoms with Crippen LogP contribution in [0.3, 0.4) is 0 Å². The number of anilines is 1. The molecule has 0 aliphatic carbocycles. The van der Waals surface area contributed by atoms with Gasteiger partial charge in [-0.1, -0.05) is 0 Å². The van der Waals surface area contributed by atoms with Crippen LogP contribution in [-0.4, -0.2) is 54.6 Å². The third kappa shape index (κ3) is 2.40. The van der Waals surface area contributed by atoms with Crippen LogP contribution in [0.5, 0.6) is 0 Å². The Hall–Kier alpha value is -3.07. The monoisotopic (exact) mass is 339 g/mol. The van der Waals surface area contributed by atoms with Gasteiger partial charge in [-0.15, -0.1) is 5.10 Å². The largest absolute Gasteiger partial charge is 0.374 e. The molecule has 0 aromatic carbocycles. The van der Waals surface area contributed by atoms with Crippen LogP contribution in [0.15, 0.2) is 43.0 Å². The average Bonchev–Trinajstić information content (AvgIpc) is 3.23. The molecule has 8 nitrogen and oxygen atoms in total. The number of rotatable bonds is 4. The topological polar surface area (TPSA) is 81.6 Å². The van der Waals surface area contributed by atoms with E-state index in [1.54, 1.807) is 27.6 Å². The zero-order valence-corrected chi connectivity index (χ0v) is 13.1. The zero-order valence-electron chi connectivity index (χ0n) is 13.1. The van der Waals surface area contributed by atoms with Gasteiger partial charge in [0.2, 0.25) is 5.95 Å². The van der Waals surface area contributed by atoms with E-state index < -0.39 is 5.67 Å². The molecule has 4 aromatic rings. The lowest BCUT2D eigenvalue weighted by atomic mass is 10.1. The molecule has 0 bridgehead atoms. The summed E-state index contributed by atoms with van der Waals surface area (Å²) in [5.74, 6) is 0.372. The maximum absolute atomic E-state index is 14.0. The Balaban J connectivity index is 1.46. The van der Waals surface area contributed by atoms with Crippen LogP contribution in [-0.2, 0) is 4.74 Å². The van der Waals surface area contributed by atoms with Crippen molar-refractivity contribution < 1.29 is 9.13 Å². The van der Waals surface area contributed by atoms with E-state index in [9.17, 15) is 4.39 Å². The smallest absolute Gasteiger partial charge is 0.241 e. The number of ether oxygens (including phenoxy) is 1. The molecule has 0 amide bonds. The van der Waals surface area contributed by atoms with E-state index in [1.807, 2.05) is 24.4 Å². The number of hydrogen-bond acceptors (Lipinski definition) is 6. The molecule has 5 heterocycles. The van der Waals surface area contributed by atoms with Gasteiger partial charge in [0.15, 0.2) is 11.3 Å². The minimum absolute atomic E-state index is 0.109. The Kier molecular flexibility index (Phi) is 2.98. The van der Waals surface area contributed by atoms with E-state index in [0.29, 0.717) is 5.95 Å². The Morgan fingerprint density at radius 3 is 2.88 bits per heavy atom. The van der Waals surface area contributed by atoms with E-state index in [0.717, 1.165) is 22.4 Å². The summed E-state index contributed by atoms with van der Waals surface area (Å²) < 4.78 is 22.3. The van der Waals surface area contributed by atoms with Gasteiger partial charge in [0, 0.05) is 24.2 Å². The molecule has 4 aromatic heterocycles. The summed E-state index contributed by atoms with van der Waals surface area (Å²) in [6.07, 6.45) is 7.03. The highest BCUT2D eigenvalue weighted by molar-refractivity contribution is 5.78. The van der Waals surface area contributed by atoms with Gasteiger partial charge in [-0.25, -0.2) is 23.4 Å². The fourth-order valence-corrected chi connectivity index (χ4v) is 2.82. The molecule has 1 aliphatic heterocycles. The Morgan fingerprint density at radius 1 is 1.12 bits per heavy atom. The molecule has 0 spiro atoms. The van der Waals surface area contributed by atoms with Gasteiger partial charge in [0.05, 0.1) is 37.2 Å². The van der Waals surface area contributed by atoms with Crippen molar-refractivity contribution in [1.82, 2.24) is 29.2 Å². The molecule has 5 rings (SSSR count). The Labute approximate surface area is 141 Å². The van der Waals surface area contributed by atoms with Crippen LogP contribution in [0.4, 0.5) is 10.3 Å². The van der Waals surface area contributed by atoms with Crippen molar-refractivity contribution in [3.8, 4) is 11.3 Å². The lowest BCUT2D eigenvalue weighted by molar-refractivity contribution is -0.121. The maximum atomic E-state index is 14.0. The third-order valence-electron chi connectivity index (χ3n) is 4.23. The van der Waals surface area contributed by atoms with Crippen molar-refractivity contribution in [1.29, 1.82) is 0 Å². The average molecular weight is 339 g/mol. The molecule has 1 aliphatic rings. The molecule has 1 saturated heterocycles. The van der Waals surface area contributed by atoms with Gasteiger partial charge >= 0.3 is 0 Å². The number of fused-ring (bicyclic) bond motifs is 2. The lowest BCUT2D eigenvalue weighted by Crippen LogP contribution is -2.50. The minimum Gasteiger partial charge on any atom is -0.374 e. The van der Waals surface area contributed by atoms with Crippen LogP contribution < -0.4 is 5.32 Å². The summed E-state index contributed by atoms with van der Waals surface area (Å²) in [7, 11) is 0. The summed E-state index contributed by atoms with van der Waals surface area (Å²) in [6, 6.07) is 5.74. The zero-order chi connectivity index (χ0) is 16.9. The molecular weight excluding hydrogens is 325 g/mol. The van der Waals surface area contributed by atoms with Crippen molar-refractivity contribution in [3.05, 3.63) is 43.0 Å². The normalized spacial score (nSPS) is 16.2. The van der Waals surface area contributed by atoms with Crippen molar-refractivity contribution >= 4 is 17.1 Å². The fourth-order valence-electron chi connectivity index (χ4n) is 2.82. The van der Waals surface area contributed by atoms with Gasteiger partial charge in [0.25, 0.3) is 0 Å². The van der Waals surface area contributed by atoms with Gasteiger partial charge in [-0.3, -0.25) is 0 Å². The fraction of sp³-hybridized carbons (Fsp3) is 0.250. The second-order valence-electron chi connectivity index (χ2n) is 6.09. The third-order valence-corrected chi connectivity index (χ3v) is 4.23. The van der Waals surface area contributed by atoms with E-state index in [-0.39, 0.29) is 19.8 Å². The molecule has 1 fully saturated rings. The number of hydrogen-bond donors (Lipinski definition) is 1. The van der Waals surface area contributed by atoms with E-state index >= 15 is 0 Å². The molecule has 25 heavy (non-hydrogen) atoms. The van der Waals surface area contributed by atoms with Crippen LogP contribution in [0.2, 0.25) is 0 Å². The second-order valence-corrected chi connectivity index (χ2v) is 6.09. The molecule has 9 heteroatoms. The summed E-state index contributed by atoms with van der Waals surface area (Å²) in [4.78, 5) is 8.47. The van der Waals surface area contributed by atoms with Gasteiger partial charge in [-0.05, 0) is 18.2 Å². The lowest BCUT2D eigenvalue weighted by Gasteiger charge is -2.33. The quantitative estimate of drug-likeness (QED) is 0.608. The predicted octanol–water partition coefficient (Wildman–Crippen LogP) is 1.59. The molecule has 0 saturated carbocycles. The number of aromatic nitrogens is 6. The standard InChI is InChI=1S/C16H14FN7O/c17-16(9-25-10-16)8-20-15-19-7-13-11(3-5-23(13)22-15)12-1-2-14-18-4-6-24(14)21-12/h1-7H,8-10H2,(H,20,22). The summed E-state index contributed by atoms with van der Waals surface area (Å²) in [6.45, 7) is 0.349. The number of nitrogens with one attached hydrogen (secondary N) is 1. The van der Waals surface area contributed by atoms with Crippen molar-refractivity contribution in [3.63, 3.8) is 0 Å². The van der Waals surface area contributed by atoms with E-state index in [4.69, 9.17) is 4.74 Å². The van der Waals surface area contributed by atoms with Crippen LogP contribution in [0.25, 0.3) is 22.4 Å². The number of halogens is 1. The van der Waals surface area contributed by atoms with Crippen molar-refractivity contribution in [2.75, 3.05) is 25.1 Å². The van der Waals surface area contributed by atoms with Crippen LogP contribution in [0.1, 0.15) is 0 Å². The first-order valence-electron chi connectivity index (χ1n) is 7.86. The predicted molar refractivity (Wildman–Crippen MR) is 88.1 cm³/mol. The molecule has 1 N–H and O–H groups in total. The first kappa shape index (κ1) is 14.3. The van der Waals surface area contributed by atoms with Gasteiger partial charge in [0.1, 0.15) is 0 Å². The number of alkyl halides is 1. The molecule has 126 valence electrons. The summed E-state index contributed by atoms with van der Waals surface area (Å²) in [5.41, 5.74) is 1.99. The highest BCUT2D eigenvalue weighted by Gasteiger charge is 2.38. The van der Waals surface area contributed by atoms with Crippen LogP contribution >= 0.6 is 0 Å². The highest BCUT2D eigenvalue weighted by atomic mass is 19.1. The highest BCUT2D eigenvalue weighted by Crippen LogP contribution is 2.24.